The van der Waals surface area contributed by atoms with Crippen LogP contribution in [0.4, 0.5) is 9.18 Å². The summed E-state index contributed by atoms with van der Waals surface area (Å²) in [5.74, 6) is 0.286. The maximum atomic E-state index is 12.4. The first kappa shape index (κ1) is 17.0. The minimum absolute atomic E-state index is 0.278. The van der Waals surface area contributed by atoms with Crippen molar-refractivity contribution in [3.63, 3.8) is 0 Å². The SMILES string of the molecule is CN(CCF)Cc1cc(=O)oc2cc(OC(=O)N(C)C)ccc12. The van der Waals surface area contributed by atoms with Crippen LogP contribution in [-0.4, -0.2) is 50.3 Å². The second-order valence-electron chi connectivity index (χ2n) is 5.44. The third-order valence-corrected chi connectivity index (χ3v) is 3.28. The molecule has 0 saturated heterocycles. The van der Waals surface area contributed by atoms with E-state index in [1.807, 2.05) is 0 Å². The van der Waals surface area contributed by atoms with Crippen LogP contribution < -0.4 is 10.4 Å². The summed E-state index contributed by atoms with van der Waals surface area (Å²) in [5, 5.41) is 0.722. The molecule has 0 bridgehead atoms. The van der Waals surface area contributed by atoms with Crippen molar-refractivity contribution >= 4 is 17.1 Å². The standard InChI is InChI=1S/C16H19FN2O4/c1-18(2)16(21)22-12-4-5-13-11(10-19(3)7-6-17)8-15(20)23-14(13)9-12/h4-5,8-9H,6-7,10H2,1-3H3. The summed E-state index contributed by atoms with van der Waals surface area (Å²) in [4.78, 5) is 26.3. The number of carbonyl (C=O) groups excluding carboxylic acids is 1. The summed E-state index contributed by atoms with van der Waals surface area (Å²) in [7, 11) is 4.91. The summed E-state index contributed by atoms with van der Waals surface area (Å²) in [6.45, 7) is 0.240. The van der Waals surface area contributed by atoms with E-state index in [4.69, 9.17) is 9.15 Å². The summed E-state index contributed by atoms with van der Waals surface area (Å²) in [5.41, 5.74) is 0.556. The van der Waals surface area contributed by atoms with Crippen molar-refractivity contribution in [2.24, 2.45) is 0 Å². The molecule has 6 nitrogen and oxygen atoms in total. The van der Waals surface area contributed by atoms with Gasteiger partial charge < -0.3 is 14.1 Å². The summed E-state index contributed by atoms with van der Waals surface area (Å²) in [6, 6.07) is 6.23. The molecule has 1 aromatic carbocycles. The predicted molar refractivity (Wildman–Crippen MR) is 84.5 cm³/mol. The Bertz CT molecular complexity index is 757. The number of hydrogen-bond acceptors (Lipinski definition) is 5. The van der Waals surface area contributed by atoms with E-state index in [9.17, 15) is 14.0 Å². The lowest BCUT2D eigenvalue weighted by Crippen LogP contribution is -2.25. The fourth-order valence-electron chi connectivity index (χ4n) is 2.11. The van der Waals surface area contributed by atoms with Gasteiger partial charge in [0, 0.05) is 44.7 Å². The topological polar surface area (TPSA) is 63.0 Å². The number of benzene rings is 1. The second kappa shape index (κ2) is 7.23. The van der Waals surface area contributed by atoms with Crippen LogP contribution in [0.25, 0.3) is 11.0 Å². The van der Waals surface area contributed by atoms with Crippen LogP contribution >= 0.6 is 0 Å². The van der Waals surface area contributed by atoms with E-state index in [0.29, 0.717) is 12.1 Å². The zero-order chi connectivity index (χ0) is 17.0. The molecule has 0 spiro atoms. The van der Waals surface area contributed by atoms with Gasteiger partial charge in [0.1, 0.15) is 18.0 Å². The predicted octanol–water partition coefficient (Wildman–Crippen LogP) is 2.25. The molecule has 0 atom stereocenters. The van der Waals surface area contributed by atoms with Gasteiger partial charge in [-0.15, -0.1) is 0 Å². The zero-order valence-corrected chi connectivity index (χ0v) is 13.3. The van der Waals surface area contributed by atoms with E-state index in [1.54, 1.807) is 38.2 Å². The van der Waals surface area contributed by atoms with Gasteiger partial charge in [-0.2, -0.15) is 0 Å². The molecule has 23 heavy (non-hydrogen) atoms. The molecule has 0 saturated carbocycles. The molecule has 1 heterocycles. The van der Waals surface area contributed by atoms with Crippen LogP contribution in [0.3, 0.4) is 0 Å². The van der Waals surface area contributed by atoms with Gasteiger partial charge in [-0.3, -0.25) is 4.90 Å². The molecule has 0 radical (unpaired) electrons. The smallest absolute Gasteiger partial charge is 0.414 e. The Morgan fingerprint density at radius 2 is 2.00 bits per heavy atom. The number of hydrogen-bond donors (Lipinski definition) is 0. The van der Waals surface area contributed by atoms with E-state index in [1.165, 1.54) is 17.0 Å². The van der Waals surface area contributed by atoms with Gasteiger partial charge in [-0.25, -0.2) is 14.0 Å². The fraction of sp³-hybridized carbons (Fsp3) is 0.375. The van der Waals surface area contributed by atoms with Gasteiger partial charge >= 0.3 is 11.7 Å². The maximum Gasteiger partial charge on any atom is 0.414 e. The van der Waals surface area contributed by atoms with Crippen molar-refractivity contribution in [3.05, 3.63) is 40.2 Å². The number of amides is 1. The molecule has 0 aliphatic rings. The van der Waals surface area contributed by atoms with E-state index >= 15 is 0 Å². The highest BCUT2D eigenvalue weighted by Gasteiger charge is 2.12. The number of nitrogens with zero attached hydrogens (tertiary/aromatic N) is 2. The Morgan fingerprint density at radius 1 is 1.26 bits per heavy atom. The molecule has 0 N–H and O–H groups in total. The van der Waals surface area contributed by atoms with Crippen LogP contribution in [0.15, 0.2) is 33.5 Å². The number of halogens is 1. The Kier molecular flexibility index (Phi) is 5.33. The number of ether oxygens (including phenoxy) is 1. The molecular weight excluding hydrogens is 303 g/mol. The molecule has 1 amide bonds. The largest absolute Gasteiger partial charge is 0.423 e. The number of alkyl halides is 1. The highest BCUT2D eigenvalue weighted by Crippen LogP contribution is 2.23. The Morgan fingerprint density at radius 3 is 2.65 bits per heavy atom. The summed E-state index contributed by atoms with van der Waals surface area (Å²) < 4.78 is 22.7. The second-order valence-corrected chi connectivity index (χ2v) is 5.44. The summed E-state index contributed by atoms with van der Waals surface area (Å²) >= 11 is 0. The first-order valence-corrected chi connectivity index (χ1v) is 7.11. The Balaban J connectivity index is 2.36. The van der Waals surface area contributed by atoms with E-state index in [-0.39, 0.29) is 12.3 Å². The third-order valence-electron chi connectivity index (χ3n) is 3.28. The highest BCUT2D eigenvalue weighted by atomic mass is 19.1. The van der Waals surface area contributed by atoms with Crippen molar-refractivity contribution in [1.82, 2.24) is 9.80 Å². The molecule has 0 aliphatic carbocycles. The maximum absolute atomic E-state index is 12.4. The number of rotatable bonds is 5. The van der Waals surface area contributed by atoms with Crippen molar-refractivity contribution in [2.45, 2.75) is 6.54 Å². The van der Waals surface area contributed by atoms with Gasteiger partial charge in [0.05, 0.1) is 0 Å². The molecule has 2 aromatic rings. The van der Waals surface area contributed by atoms with Gasteiger partial charge in [-0.05, 0) is 24.7 Å². The van der Waals surface area contributed by atoms with Crippen LogP contribution in [-0.2, 0) is 6.54 Å². The average molecular weight is 322 g/mol. The van der Waals surface area contributed by atoms with Crippen LogP contribution in [0, 0.1) is 0 Å². The van der Waals surface area contributed by atoms with Gasteiger partial charge in [-0.1, -0.05) is 0 Å². The van der Waals surface area contributed by atoms with E-state index in [2.05, 4.69) is 0 Å². The van der Waals surface area contributed by atoms with Crippen molar-refractivity contribution in [3.8, 4) is 5.75 Å². The van der Waals surface area contributed by atoms with Crippen LogP contribution in [0.5, 0.6) is 5.75 Å². The first-order chi connectivity index (χ1) is 10.9. The van der Waals surface area contributed by atoms with Crippen LogP contribution in [0.1, 0.15) is 5.56 Å². The van der Waals surface area contributed by atoms with E-state index in [0.717, 1.165) is 10.9 Å². The normalized spacial score (nSPS) is 11.0. The summed E-state index contributed by atoms with van der Waals surface area (Å²) in [6.07, 6.45) is -0.523. The molecule has 0 aliphatic heterocycles. The molecule has 124 valence electrons. The van der Waals surface area contributed by atoms with Crippen molar-refractivity contribution < 1.29 is 18.3 Å². The van der Waals surface area contributed by atoms with Gasteiger partial charge in [0.15, 0.2) is 0 Å². The minimum Gasteiger partial charge on any atom is -0.423 e. The molecule has 7 heteroatoms. The van der Waals surface area contributed by atoms with Gasteiger partial charge in [0.2, 0.25) is 0 Å². The van der Waals surface area contributed by atoms with Crippen LogP contribution in [0.2, 0.25) is 0 Å². The molecular formula is C16H19FN2O4. The highest BCUT2D eigenvalue weighted by molar-refractivity contribution is 5.82. The molecule has 1 aromatic heterocycles. The fourth-order valence-corrected chi connectivity index (χ4v) is 2.11. The molecule has 0 fully saturated rings. The molecule has 2 rings (SSSR count). The van der Waals surface area contributed by atoms with E-state index < -0.39 is 18.4 Å². The third kappa shape index (κ3) is 4.29. The minimum atomic E-state index is -0.523. The Hall–Kier alpha value is -2.41. The lowest BCUT2D eigenvalue weighted by molar-refractivity contribution is 0.172. The zero-order valence-electron chi connectivity index (χ0n) is 13.3. The number of carbonyl (C=O) groups is 1. The van der Waals surface area contributed by atoms with Crippen molar-refractivity contribution in [2.75, 3.05) is 34.4 Å². The monoisotopic (exact) mass is 322 g/mol. The average Bonchev–Trinajstić information content (AvgIpc) is 2.46. The first-order valence-electron chi connectivity index (χ1n) is 7.11. The lowest BCUT2D eigenvalue weighted by Gasteiger charge is -2.16. The van der Waals surface area contributed by atoms with Crippen molar-refractivity contribution in [1.29, 1.82) is 0 Å². The lowest BCUT2D eigenvalue weighted by atomic mass is 10.1. The molecule has 0 unspecified atom stereocenters. The Labute approximate surface area is 133 Å². The quantitative estimate of drug-likeness (QED) is 0.790. The number of fused-ring (bicyclic) bond motifs is 1. The van der Waals surface area contributed by atoms with Gasteiger partial charge in [0.25, 0.3) is 0 Å².